The Morgan fingerprint density at radius 3 is 1.36 bits per heavy atom. The molecule has 418 valence electrons. The molecular weight excluding hydrogens is 916 g/mol. The summed E-state index contributed by atoms with van der Waals surface area (Å²) in [5.41, 5.74) is 0. The molecule has 72 heavy (non-hydrogen) atoms. The Morgan fingerprint density at radius 2 is 0.889 bits per heavy atom. The largest absolute Gasteiger partial charge is 0.472 e. The first-order valence-corrected chi connectivity index (χ1v) is 31.3. The zero-order chi connectivity index (χ0) is 52.9. The molecule has 0 heterocycles. The molecule has 0 aliphatic heterocycles. The van der Waals surface area contributed by atoms with Crippen molar-refractivity contribution in [3.8, 4) is 0 Å². The first-order chi connectivity index (χ1) is 34.9. The van der Waals surface area contributed by atoms with Gasteiger partial charge in [-0.05, 0) is 96.0 Å². The lowest BCUT2D eigenvalue weighted by molar-refractivity contribution is -0.870. The van der Waals surface area contributed by atoms with Gasteiger partial charge >= 0.3 is 13.8 Å². The second kappa shape index (κ2) is 51.9. The Balaban J connectivity index is 5.28. The Labute approximate surface area is 444 Å². The Hall–Kier alpha value is -2.55. The minimum absolute atomic E-state index is 0.0344. The van der Waals surface area contributed by atoms with E-state index in [1.807, 2.05) is 33.3 Å². The molecule has 3 atom stereocenters. The Morgan fingerprint density at radius 1 is 0.500 bits per heavy atom. The number of phosphoric acid groups is 1. The smallest absolute Gasteiger partial charge is 0.456 e. The van der Waals surface area contributed by atoms with Gasteiger partial charge < -0.3 is 19.4 Å². The normalized spacial score (nSPS) is 14.3. The van der Waals surface area contributed by atoms with E-state index in [1.165, 1.54) is 128 Å². The number of allylic oxidation sites excluding steroid dienone is 11. The van der Waals surface area contributed by atoms with Gasteiger partial charge in [0.1, 0.15) is 19.3 Å². The van der Waals surface area contributed by atoms with Gasteiger partial charge in [0.05, 0.1) is 33.8 Å². The minimum Gasteiger partial charge on any atom is -0.456 e. The van der Waals surface area contributed by atoms with Gasteiger partial charge in [-0.15, -0.1) is 0 Å². The molecule has 0 saturated heterocycles. The van der Waals surface area contributed by atoms with Crippen molar-refractivity contribution in [3.63, 3.8) is 0 Å². The van der Waals surface area contributed by atoms with Crippen LogP contribution in [0.2, 0.25) is 0 Å². The number of carbonyl (C=O) groups excluding carboxylic acids is 2. The van der Waals surface area contributed by atoms with Crippen LogP contribution in [0.1, 0.15) is 258 Å². The third-order valence-corrected chi connectivity index (χ3v) is 13.9. The second-order valence-corrected chi connectivity index (χ2v) is 22.6. The number of nitrogens with zero attached hydrogens (tertiary/aromatic N) is 1. The van der Waals surface area contributed by atoms with E-state index in [1.54, 1.807) is 0 Å². The van der Waals surface area contributed by atoms with Crippen LogP contribution >= 0.6 is 7.82 Å². The van der Waals surface area contributed by atoms with E-state index in [-0.39, 0.29) is 31.5 Å². The molecular formula is C62H114N2O7P+. The fraction of sp³-hybridized carbons (Fsp3) is 0.774. The van der Waals surface area contributed by atoms with Crippen molar-refractivity contribution >= 4 is 19.7 Å². The molecule has 0 radical (unpaired) electrons. The van der Waals surface area contributed by atoms with Crippen molar-refractivity contribution in [1.29, 1.82) is 0 Å². The van der Waals surface area contributed by atoms with Crippen LogP contribution in [0.4, 0.5) is 0 Å². The fourth-order valence-electron chi connectivity index (χ4n) is 8.28. The molecule has 0 rings (SSSR count). The molecule has 9 nitrogen and oxygen atoms in total. The SMILES string of the molecule is CC/C=C/C/C=C/C/C=C/CCCCCCCCC(=O)NC(COP(=O)(O)OCC[N+](C)(C)C)C(/C=C/CCCCCCCCCCC)OC(=O)CCCCCCCCCCC/C=C\C/C=C\CCCCC. The van der Waals surface area contributed by atoms with Gasteiger partial charge in [0.25, 0.3) is 0 Å². The fourth-order valence-corrected chi connectivity index (χ4v) is 9.01. The van der Waals surface area contributed by atoms with Gasteiger partial charge in [-0.3, -0.25) is 18.6 Å². The molecule has 0 saturated carbocycles. The van der Waals surface area contributed by atoms with Crippen molar-refractivity contribution in [2.24, 2.45) is 0 Å². The first-order valence-electron chi connectivity index (χ1n) is 29.8. The van der Waals surface area contributed by atoms with Crippen LogP contribution in [-0.4, -0.2) is 74.3 Å². The van der Waals surface area contributed by atoms with Crippen LogP contribution in [0.5, 0.6) is 0 Å². The lowest BCUT2D eigenvalue weighted by Gasteiger charge is -2.27. The zero-order valence-electron chi connectivity index (χ0n) is 47.7. The molecule has 0 bridgehead atoms. The van der Waals surface area contributed by atoms with Crippen LogP contribution in [0.25, 0.3) is 0 Å². The van der Waals surface area contributed by atoms with Gasteiger partial charge in [-0.25, -0.2) is 4.57 Å². The summed E-state index contributed by atoms with van der Waals surface area (Å²) in [5.74, 6) is -0.525. The van der Waals surface area contributed by atoms with Gasteiger partial charge in [0.2, 0.25) is 5.91 Å². The predicted octanol–water partition coefficient (Wildman–Crippen LogP) is 18.1. The summed E-state index contributed by atoms with van der Waals surface area (Å²) in [6, 6.07) is -0.858. The third-order valence-electron chi connectivity index (χ3n) is 12.9. The summed E-state index contributed by atoms with van der Waals surface area (Å²) in [4.78, 5) is 37.6. The average molecular weight is 1030 g/mol. The van der Waals surface area contributed by atoms with Crippen molar-refractivity contribution < 1.29 is 37.3 Å². The first kappa shape index (κ1) is 69.5. The number of phosphoric ester groups is 1. The van der Waals surface area contributed by atoms with E-state index >= 15 is 0 Å². The van der Waals surface area contributed by atoms with Gasteiger partial charge in [-0.2, -0.15) is 0 Å². The highest BCUT2D eigenvalue weighted by Crippen LogP contribution is 2.43. The second-order valence-electron chi connectivity index (χ2n) is 21.1. The van der Waals surface area contributed by atoms with Crippen molar-refractivity contribution in [1.82, 2.24) is 5.32 Å². The molecule has 2 N–H and O–H groups in total. The number of quaternary nitrogens is 1. The Kier molecular flexibility index (Phi) is 50.1. The van der Waals surface area contributed by atoms with Crippen LogP contribution < -0.4 is 5.32 Å². The van der Waals surface area contributed by atoms with Crippen molar-refractivity contribution in [2.45, 2.75) is 270 Å². The maximum absolute atomic E-state index is 13.5. The summed E-state index contributed by atoms with van der Waals surface area (Å²) in [5, 5.41) is 3.04. The molecule has 0 fully saturated rings. The molecule has 0 aromatic rings. The lowest BCUT2D eigenvalue weighted by atomic mass is 10.0. The maximum Gasteiger partial charge on any atom is 0.472 e. The standard InChI is InChI=1S/C62H113N2O7P/c1-7-10-13-16-19-22-25-27-29-31-32-33-35-37-40-43-46-49-52-55-62(66)71-60(53-50-47-44-41-38-24-21-18-15-12-9-3)59(58-70-72(67,68)69-57-56-64(4,5)6)63-61(65)54-51-48-45-42-39-36-34-30-28-26-23-20-17-14-11-8-2/h11,14,19-20,22-23,27-30,50,53,59-60H,7-10,12-13,15-18,21,24-26,31-49,51-52,54-58H2,1-6H3,(H-,63,65,67,68)/p+1/b14-11+,22-19-,23-20+,29-27-,30-28+,53-50+. The Bertz CT molecular complexity index is 1460. The third kappa shape index (κ3) is 52.3. The van der Waals surface area contributed by atoms with E-state index in [2.05, 4.69) is 86.8 Å². The van der Waals surface area contributed by atoms with E-state index in [9.17, 15) is 19.0 Å². The van der Waals surface area contributed by atoms with Crippen LogP contribution in [-0.2, 0) is 27.9 Å². The van der Waals surface area contributed by atoms with Crippen LogP contribution in [0, 0.1) is 0 Å². The molecule has 1 amide bonds. The number of unbranched alkanes of at least 4 members (excludes halogenated alkanes) is 27. The molecule has 3 unspecified atom stereocenters. The highest BCUT2D eigenvalue weighted by Gasteiger charge is 2.30. The van der Waals surface area contributed by atoms with E-state index in [0.29, 0.717) is 17.4 Å². The summed E-state index contributed by atoms with van der Waals surface area (Å²) >= 11 is 0. The molecule has 0 aromatic heterocycles. The monoisotopic (exact) mass is 1030 g/mol. The van der Waals surface area contributed by atoms with Gasteiger partial charge in [0.15, 0.2) is 0 Å². The van der Waals surface area contributed by atoms with Gasteiger partial charge in [0, 0.05) is 12.8 Å². The molecule has 10 heteroatoms. The van der Waals surface area contributed by atoms with Crippen molar-refractivity contribution in [2.75, 3.05) is 40.9 Å². The molecule has 0 aromatic carbocycles. The minimum atomic E-state index is -4.45. The number of ether oxygens (including phenoxy) is 1. The summed E-state index contributed by atoms with van der Waals surface area (Å²) < 4.78 is 30.6. The summed E-state index contributed by atoms with van der Waals surface area (Å²) in [7, 11) is 1.48. The van der Waals surface area contributed by atoms with E-state index in [0.717, 1.165) is 96.3 Å². The van der Waals surface area contributed by atoms with Crippen molar-refractivity contribution in [3.05, 3.63) is 72.9 Å². The number of nitrogens with one attached hydrogen (secondary N) is 1. The number of likely N-dealkylation sites (N-methyl/N-ethyl adjacent to an activating group) is 1. The quantitative estimate of drug-likeness (QED) is 0.0205. The number of hydrogen-bond donors (Lipinski definition) is 2. The molecule has 0 spiro atoms. The highest BCUT2D eigenvalue weighted by molar-refractivity contribution is 7.47. The van der Waals surface area contributed by atoms with E-state index < -0.39 is 20.0 Å². The summed E-state index contributed by atoms with van der Waals surface area (Å²) in [6.45, 7) is 6.86. The van der Waals surface area contributed by atoms with Crippen LogP contribution in [0.15, 0.2) is 72.9 Å². The number of rotatable bonds is 53. The maximum atomic E-state index is 13.5. The summed E-state index contributed by atoms with van der Waals surface area (Å²) in [6.07, 6.45) is 66.1. The topological polar surface area (TPSA) is 111 Å². The number of esters is 1. The number of hydrogen-bond acceptors (Lipinski definition) is 6. The number of amides is 1. The predicted molar refractivity (Wildman–Crippen MR) is 309 cm³/mol. The molecule has 0 aliphatic carbocycles. The average Bonchev–Trinajstić information content (AvgIpc) is 3.34. The highest BCUT2D eigenvalue weighted by atomic mass is 31.2. The lowest BCUT2D eigenvalue weighted by Crippen LogP contribution is -2.47. The molecule has 0 aliphatic rings. The zero-order valence-corrected chi connectivity index (χ0v) is 48.6. The van der Waals surface area contributed by atoms with Crippen LogP contribution in [0.3, 0.4) is 0 Å². The van der Waals surface area contributed by atoms with E-state index in [4.69, 9.17) is 13.8 Å². The van der Waals surface area contributed by atoms with Gasteiger partial charge in [-0.1, -0.05) is 222 Å². The number of carbonyl (C=O) groups is 2.